The van der Waals surface area contributed by atoms with Gasteiger partial charge in [0.1, 0.15) is 0 Å². The average molecular weight is 270 g/mol. The second-order valence-corrected chi connectivity index (χ2v) is 5.55. The highest BCUT2D eigenvalue weighted by Crippen LogP contribution is 2.22. The molecule has 0 radical (unpaired) electrons. The Kier molecular flexibility index (Phi) is 13.5. The summed E-state index contributed by atoms with van der Waals surface area (Å²) in [6, 6.07) is 0. The highest BCUT2D eigenvalue weighted by atomic mass is 16.5. The van der Waals surface area contributed by atoms with Crippen LogP contribution in [0.15, 0.2) is 0 Å². The van der Waals surface area contributed by atoms with E-state index < -0.39 is 0 Å². The Hall–Kier alpha value is -0.530. The van der Waals surface area contributed by atoms with Crippen LogP contribution in [0.1, 0.15) is 91.4 Å². The molecule has 114 valence electrons. The first-order valence-corrected chi connectivity index (χ1v) is 8.40. The van der Waals surface area contributed by atoms with Gasteiger partial charge in [0.25, 0.3) is 0 Å². The number of carbonyl (C=O) groups excluding carboxylic acids is 1. The number of rotatable bonds is 13. The van der Waals surface area contributed by atoms with Crippen molar-refractivity contribution in [1.29, 1.82) is 0 Å². The van der Waals surface area contributed by atoms with E-state index in [2.05, 4.69) is 13.8 Å². The van der Waals surface area contributed by atoms with Crippen molar-refractivity contribution in [1.82, 2.24) is 0 Å². The third-order valence-electron chi connectivity index (χ3n) is 3.71. The minimum absolute atomic E-state index is 0.0301. The van der Waals surface area contributed by atoms with Crippen LogP contribution in [-0.2, 0) is 9.53 Å². The molecule has 0 aliphatic rings. The summed E-state index contributed by atoms with van der Waals surface area (Å²) in [5.41, 5.74) is 0. The summed E-state index contributed by atoms with van der Waals surface area (Å²) in [5, 5.41) is 0. The second kappa shape index (κ2) is 13.9. The summed E-state index contributed by atoms with van der Waals surface area (Å²) in [7, 11) is 0. The van der Waals surface area contributed by atoms with Crippen LogP contribution < -0.4 is 0 Å². The van der Waals surface area contributed by atoms with Crippen molar-refractivity contribution in [3.8, 4) is 0 Å². The lowest BCUT2D eigenvalue weighted by Gasteiger charge is -2.15. The van der Waals surface area contributed by atoms with Crippen molar-refractivity contribution in [2.45, 2.75) is 91.4 Å². The van der Waals surface area contributed by atoms with E-state index in [1.807, 2.05) is 6.92 Å². The first-order valence-electron chi connectivity index (χ1n) is 8.40. The molecular formula is C17H34O2. The van der Waals surface area contributed by atoms with E-state index >= 15 is 0 Å². The van der Waals surface area contributed by atoms with E-state index in [-0.39, 0.29) is 5.97 Å². The number of unbranched alkanes of at least 4 members (excludes halogenated alkanes) is 4. The van der Waals surface area contributed by atoms with Gasteiger partial charge in [0.2, 0.25) is 0 Å². The van der Waals surface area contributed by atoms with Gasteiger partial charge in [0.15, 0.2) is 0 Å². The number of esters is 1. The number of ether oxygens (including phenoxy) is 1. The summed E-state index contributed by atoms with van der Waals surface area (Å²) in [6.45, 7) is 6.91. The molecule has 0 aromatic rings. The Bertz CT molecular complexity index is 201. The third-order valence-corrected chi connectivity index (χ3v) is 3.71. The van der Waals surface area contributed by atoms with Gasteiger partial charge in [-0.25, -0.2) is 0 Å². The number of hydrogen-bond acceptors (Lipinski definition) is 2. The fourth-order valence-electron chi connectivity index (χ4n) is 2.64. The van der Waals surface area contributed by atoms with Crippen LogP contribution in [0.2, 0.25) is 0 Å². The third kappa shape index (κ3) is 12.3. The van der Waals surface area contributed by atoms with Gasteiger partial charge >= 0.3 is 5.97 Å². The maximum absolute atomic E-state index is 11.2. The zero-order chi connectivity index (χ0) is 14.3. The zero-order valence-corrected chi connectivity index (χ0v) is 13.4. The van der Waals surface area contributed by atoms with Gasteiger partial charge in [-0.3, -0.25) is 4.79 Å². The van der Waals surface area contributed by atoms with Crippen molar-refractivity contribution in [2.75, 3.05) is 6.61 Å². The Labute approximate surface area is 120 Å². The maximum Gasteiger partial charge on any atom is 0.305 e. The van der Waals surface area contributed by atoms with Gasteiger partial charge in [-0.2, -0.15) is 0 Å². The molecule has 0 heterocycles. The predicted molar refractivity (Wildman–Crippen MR) is 82.3 cm³/mol. The molecule has 19 heavy (non-hydrogen) atoms. The molecule has 0 saturated heterocycles. The molecule has 1 unspecified atom stereocenters. The largest absolute Gasteiger partial charge is 0.466 e. The van der Waals surface area contributed by atoms with Gasteiger partial charge in [-0.05, 0) is 19.3 Å². The molecule has 0 aromatic heterocycles. The molecule has 0 spiro atoms. The highest BCUT2D eigenvalue weighted by Gasteiger charge is 2.08. The molecule has 2 heteroatoms. The molecule has 0 fully saturated rings. The Morgan fingerprint density at radius 1 is 0.842 bits per heavy atom. The molecule has 0 aliphatic carbocycles. The summed E-state index contributed by atoms with van der Waals surface area (Å²) >= 11 is 0. The van der Waals surface area contributed by atoms with Crippen LogP contribution in [0, 0.1) is 5.92 Å². The monoisotopic (exact) mass is 270 g/mol. The molecule has 1 atom stereocenters. The van der Waals surface area contributed by atoms with E-state index in [1.54, 1.807) is 0 Å². The molecule has 0 amide bonds. The van der Waals surface area contributed by atoms with Gasteiger partial charge in [0, 0.05) is 6.42 Å². The van der Waals surface area contributed by atoms with E-state index in [9.17, 15) is 4.79 Å². The molecule has 2 nitrogen and oxygen atoms in total. The fourth-order valence-corrected chi connectivity index (χ4v) is 2.64. The lowest BCUT2D eigenvalue weighted by Crippen LogP contribution is -2.05. The SMILES string of the molecule is CCCCCCC(CCC)CCCCC(=O)OCC. The molecule has 0 N–H and O–H groups in total. The molecule has 0 saturated carbocycles. The van der Waals surface area contributed by atoms with Gasteiger partial charge < -0.3 is 4.74 Å². The van der Waals surface area contributed by atoms with Crippen molar-refractivity contribution >= 4 is 5.97 Å². The minimum Gasteiger partial charge on any atom is -0.466 e. The van der Waals surface area contributed by atoms with Gasteiger partial charge in [-0.15, -0.1) is 0 Å². The fraction of sp³-hybridized carbons (Fsp3) is 0.941. The van der Waals surface area contributed by atoms with E-state index in [1.165, 1.54) is 57.8 Å². The molecular weight excluding hydrogens is 236 g/mol. The molecule has 0 aromatic carbocycles. The highest BCUT2D eigenvalue weighted by molar-refractivity contribution is 5.69. The zero-order valence-electron chi connectivity index (χ0n) is 13.4. The van der Waals surface area contributed by atoms with E-state index in [0.717, 1.165) is 12.3 Å². The topological polar surface area (TPSA) is 26.3 Å². The normalized spacial score (nSPS) is 12.4. The Morgan fingerprint density at radius 2 is 1.53 bits per heavy atom. The Morgan fingerprint density at radius 3 is 2.11 bits per heavy atom. The van der Waals surface area contributed by atoms with E-state index in [4.69, 9.17) is 4.74 Å². The van der Waals surface area contributed by atoms with Gasteiger partial charge in [0.05, 0.1) is 6.61 Å². The van der Waals surface area contributed by atoms with Crippen LogP contribution in [0.4, 0.5) is 0 Å². The maximum atomic E-state index is 11.2. The lowest BCUT2D eigenvalue weighted by molar-refractivity contribution is -0.143. The smallest absolute Gasteiger partial charge is 0.305 e. The van der Waals surface area contributed by atoms with Crippen molar-refractivity contribution in [3.63, 3.8) is 0 Å². The van der Waals surface area contributed by atoms with Crippen LogP contribution in [-0.4, -0.2) is 12.6 Å². The number of hydrogen-bond donors (Lipinski definition) is 0. The first-order chi connectivity index (χ1) is 9.24. The summed E-state index contributed by atoms with van der Waals surface area (Å²) in [6.07, 6.45) is 13.6. The minimum atomic E-state index is -0.0301. The molecule has 0 rings (SSSR count). The summed E-state index contributed by atoms with van der Waals surface area (Å²) in [4.78, 5) is 11.2. The second-order valence-electron chi connectivity index (χ2n) is 5.55. The van der Waals surface area contributed by atoms with E-state index in [0.29, 0.717) is 13.0 Å². The van der Waals surface area contributed by atoms with Crippen molar-refractivity contribution in [2.24, 2.45) is 5.92 Å². The van der Waals surface area contributed by atoms with Crippen molar-refractivity contribution < 1.29 is 9.53 Å². The van der Waals surface area contributed by atoms with Crippen LogP contribution in [0.3, 0.4) is 0 Å². The standard InChI is InChI=1S/C17H34O2/c1-4-7-8-9-13-16(12-5-2)14-10-11-15-17(18)19-6-3/h16H,4-15H2,1-3H3. The van der Waals surface area contributed by atoms with Crippen LogP contribution in [0.25, 0.3) is 0 Å². The molecule has 0 bridgehead atoms. The quantitative estimate of drug-likeness (QED) is 0.326. The number of carbonyl (C=O) groups is 1. The van der Waals surface area contributed by atoms with Crippen LogP contribution >= 0.6 is 0 Å². The summed E-state index contributed by atoms with van der Waals surface area (Å²) in [5.74, 6) is 0.849. The molecule has 0 aliphatic heterocycles. The van der Waals surface area contributed by atoms with Crippen LogP contribution in [0.5, 0.6) is 0 Å². The average Bonchev–Trinajstić information content (AvgIpc) is 2.39. The predicted octanol–water partition coefficient (Wildman–Crippen LogP) is 5.50. The Balaban J connectivity index is 3.60. The summed E-state index contributed by atoms with van der Waals surface area (Å²) < 4.78 is 4.95. The first kappa shape index (κ1) is 18.5. The van der Waals surface area contributed by atoms with Gasteiger partial charge in [-0.1, -0.05) is 71.6 Å². The lowest BCUT2D eigenvalue weighted by atomic mass is 9.91. The van der Waals surface area contributed by atoms with Crippen molar-refractivity contribution in [3.05, 3.63) is 0 Å².